The topological polar surface area (TPSA) is 56.8 Å². The Morgan fingerprint density at radius 3 is 3.14 bits per heavy atom. The molecule has 2 heterocycles. The molecule has 2 aliphatic rings. The van der Waals surface area contributed by atoms with E-state index in [1.807, 2.05) is 31.2 Å². The monoisotopic (exact) mass is 303 g/mol. The Bertz CT molecular complexity index is 576. The van der Waals surface area contributed by atoms with Crippen LogP contribution < -0.4 is 14.8 Å². The third kappa shape index (κ3) is 3.25. The molecule has 1 saturated heterocycles. The van der Waals surface area contributed by atoms with Crippen molar-refractivity contribution in [2.45, 2.75) is 25.9 Å². The molecule has 1 fully saturated rings. The molecular weight excluding hydrogens is 282 g/mol. The molecule has 3 rings (SSSR count). The largest absolute Gasteiger partial charge is 0.490 e. The summed E-state index contributed by atoms with van der Waals surface area (Å²) in [5, 5.41) is 2.92. The van der Waals surface area contributed by atoms with Gasteiger partial charge in [-0.15, -0.1) is 0 Å². The Kier molecular flexibility index (Phi) is 4.63. The molecule has 1 aromatic rings. The number of benzene rings is 1. The smallest absolute Gasteiger partial charge is 0.250 e. The zero-order chi connectivity index (χ0) is 15.4. The summed E-state index contributed by atoms with van der Waals surface area (Å²) < 4.78 is 16.8. The highest BCUT2D eigenvalue weighted by atomic mass is 16.5. The maximum atomic E-state index is 12.2. The Morgan fingerprint density at radius 2 is 2.36 bits per heavy atom. The van der Waals surface area contributed by atoms with E-state index in [0.29, 0.717) is 24.5 Å². The van der Waals surface area contributed by atoms with Gasteiger partial charge in [0, 0.05) is 18.7 Å². The SMILES string of the molecule is CCOc1cccc2c1OCC(C(=O)NCC1CCCO1)=C2. The fourth-order valence-electron chi connectivity index (χ4n) is 2.71. The summed E-state index contributed by atoms with van der Waals surface area (Å²) in [5.41, 5.74) is 1.50. The van der Waals surface area contributed by atoms with Crippen molar-refractivity contribution in [3.05, 3.63) is 29.3 Å². The lowest BCUT2D eigenvalue weighted by Gasteiger charge is -2.20. The van der Waals surface area contributed by atoms with E-state index in [4.69, 9.17) is 14.2 Å². The second kappa shape index (κ2) is 6.83. The molecule has 0 saturated carbocycles. The van der Waals surface area contributed by atoms with Crippen molar-refractivity contribution < 1.29 is 19.0 Å². The Balaban J connectivity index is 1.67. The lowest BCUT2D eigenvalue weighted by Crippen LogP contribution is -2.34. The summed E-state index contributed by atoms with van der Waals surface area (Å²) in [4.78, 5) is 12.2. The number of ether oxygens (including phenoxy) is 3. The molecule has 1 amide bonds. The average molecular weight is 303 g/mol. The molecule has 0 aliphatic carbocycles. The second-order valence-electron chi connectivity index (χ2n) is 5.41. The van der Waals surface area contributed by atoms with Gasteiger partial charge in [0.15, 0.2) is 11.5 Å². The van der Waals surface area contributed by atoms with Gasteiger partial charge in [0.1, 0.15) is 6.61 Å². The van der Waals surface area contributed by atoms with Crippen molar-refractivity contribution in [3.63, 3.8) is 0 Å². The molecule has 118 valence electrons. The van der Waals surface area contributed by atoms with Crippen LogP contribution in [0.2, 0.25) is 0 Å². The molecule has 1 unspecified atom stereocenters. The highest BCUT2D eigenvalue weighted by Gasteiger charge is 2.22. The van der Waals surface area contributed by atoms with Gasteiger partial charge >= 0.3 is 0 Å². The Labute approximate surface area is 130 Å². The van der Waals surface area contributed by atoms with E-state index in [0.717, 1.165) is 30.8 Å². The van der Waals surface area contributed by atoms with Gasteiger partial charge in [-0.2, -0.15) is 0 Å². The summed E-state index contributed by atoms with van der Waals surface area (Å²) in [6, 6.07) is 5.69. The first-order chi connectivity index (χ1) is 10.8. The fraction of sp³-hybridized carbons (Fsp3) is 0.471. The summed E-state index contributed by atoms with van der Waals surface area (Å²) in [6.45, 7) is 4.12. The standard InChI is InChI=1S/C17H21NO4/c1-2-20-15-7-3-5-12-9-13(11-22-16(12)15)17(19)18-10-14-6-4-8-21-14/h3,5,7,9,14H,2,4,6,8,10-11H2,1H3,(H,18,19). The predicted octanol–water partition coefficient (Wildman–Crippen LogP) is 2.16. The van der Waals surface area contributed by atoms with Gasteiger partial charge in [0.25, 0.3) is 5.91 Å². The lowest BCUT2D eigenvalue weighted by molar-refractivity contribution is -0.118. The van der Waals surface area contributed by atoms with Gasteiger partial charge in [0.05, 0.1) is 18.3 Å². The van der Waals surface area contributed by atoms with Crippen LogP contribution in [0.1, 0.15) is 25.3 Å². The number of para-hydroxylation sites is 1. The molecule has 5 nitrogen and oxygen atoms in total. The number of rotatable bonds is 5. The van der Waals surface area contributed by atoms with E-state index in [2.05, 4.69) is 5.32 Å². The van der Waals surface area contributed by atoms with E-state index in [9.17, 15) is 4.79 Å². The minimum atomic E-state index is -0.0945. The number of carbonyl (C=O) groups excluding carboxylic acids is 1. The van der Waals surface area contributed by atoms with Crippen molar-refractivity contribution in [3.8, 4) is 11.5 Å². The normalized spacial score (nSPS) is 19.9. The molecule has 5 heteroatoms. The predicted molar refractivity (Wildman–Crippen MR) is 83.1 cm³/mol. The third-order valence-electron chi connectivity index (χ3n) is 3.82. The molecule has 0 radical (unpaired) electrons. The zero-order valence-electron chi connectivity index (χ0n) is 12.8. The van der Waals surface area contributed by atoms with Crippen LogP contribution in [-0.2, 0) is 9.53 Å². The van der Waals surface area contributed by atoms with E-state index in [-0.39, 0.29) is 18.6 Å². The van der Waals surface area contributed by atoms with E-state index >= 15 is 0 Å². The first kappa shape index (κ1) is 14.9. The van der Waals surface area contributed by atoms with E-state index in [1.165, 1.54) is 0 Å². The minimum absolute atomic E-state index is 0.0945. The molecule has 22 heavy (non-hydrogen) atoms. The number of hydrogen-bond acceptors (Lipinski definition) is 4. The van der Waals surface area contributed by atoms with Gasteiger partial charge < -0.3 is 19.5 Å². The van der Waals surface area contributed by atoms with Crippen molar-refractivity contribution in [2.24, 2.45) is 0 Å². The number of fused-ring (bicyclic) bond motifs is 1. The molecule has 0 spiro atoms. The van der Waals surface area contributed by atoms with Crippen LogP contribution in [0.3, 0.4) is 0 Å². The minimum Gasteiger partial charge on any atom is -0.490 e. The van der Waals surface area contributed by atoms with Crippen LogP contribution in [0.4, 0.5) is 0 Å². The van der Waals surface area contributed by atoms with Crippen LogP contribution in [0.25, 0.3) is 6.08 Å². The molecule has 0 aromatic heterocycles. The molecule has 1 atom stereocenters. The van der Waals surface area contributed by atoms with Crippen LogP contribution in [0.15, 0.2) is 23.8 Å². The maximum absolute atomic E-state index is 12.2. The molecular formula is C17H21NO4. The van der Waals surface area contributed by atoms with Gasteiger partial charge in [0.2, 0.25) is 0 Å². The van der Waals surface area contributed by atoms with Crippen molar-refractivity contribution in [1.29, 1.82) is 0 Å². The molecule has 1 N–H and O–H groups in total. The highest BCUT2D eigenvalue weighted by molar-refractivity contribution is 5.99. The quantitative estimate of drug-likeness (QED) is 0.905. The highest BCUT2D eigenvalue weighted by Crippen LogP contribution is 2.35. The van der Waals surface area contributed by atoms with Gasteiger partial charge in [-0.05, 0) is 31.9 Å². The number of amides is 1. The van der Waals surface area contributed by atoms with E-state index in [1.54, 1.807) is 0 Å². The average Bonchev–Trinajstić information content (AvgIpc) is 3.06. The van der Waals surface area contributed by atoms with Gasteiger partial charge in [-0.1, -0.05) is 12.1 Å². The lowest BCUT2D eigenvalue weighted by atomic mass is 10.1. The Hall–Kier alpha value is -2.01. The molecule has 0 bridgehead atoms. The number of hydrogen-bond donors (Lipinski definition) is 1. The number of nitrogens with one attached hydrogen (secondary N) is 1. The third-order valence-corrected chi connectivity index (χ3v) is 3.82. The summed E-state index contributed by atoms with van der Waals surface area (Å²) in [7, 11) is 0. The summed E-state index contributed by atoms with van der Waals surface area (Å²) >= 11 is 0. The van der Waals surface area contributed by atoms with Crippen LogP contribution in [0.5, 0.6) is 11.5 Å². The summed E-state index contributed by atoms with van der Waals surface area (Å²) in [5.74, 6) is 1.33. The van der Waals surface area contributed by atoms with Crippen molar-refractivity contribution in [1.82, 2.24) is 5.32 Å². The second-order valence-corrected chi connectivity index (χ2v) is 5.41. The van der Waals surface area contributed by atoms with E-state index < -0.39 is 0 Å². The fourth-order valence-corrected chi connectivity index (χ4v) is 2.71. The van der Waals surface area contributed by atoms with Crippen LogP contribution in [-0.4, -0.2) is 38.4 Å². The number of carbonyl (C=O) groups is 1. The van der Waals surface area contributed by atoms with Crippen molar-refractivity contribution >= 4 is 12.0 Å². The van der Waals surface area contributed by atoms with Crippen LogP contribution in [0, 0.1) is 0 Å². The zero-order valence-corrected chi connectivity index (χ0v) is 12.8. The first-order valence-corrected chi connectivity index (χ1v) is 7.77. The Morgan fingerprint density at radius 1 is 1.45 bits per heavy atom. The van der Waals surface area contributed by atoms with Gasteiger partial charge in [-0.25, -0.2) is 0 Å². The maximum Gasteiger partial charge on any atom is 0.250 e. The first-order valence-electron chi connectivity index (χ1n) is 7.77. The van der Waals surface area contributed by atoms with Crippen LogP contribution >= 0.6 is 0 Å². The molecule has 1 aromatic carbocycles. The van der Waals surface area contributed by atoms with Crippen molar-refractivity contribution in [2.75, 3.05) is 26.4 Å². The summed E-state index contributed by atoms with van der Waals surface area (Å²) in [6.07, 6.45) is 4.09. The molecule has 2 aliphatic heterocycles. The van der Waals surface area contributed by atoms with Gasteiger partial charge in [-0.3, -0.25) is 4.79 Å².